The molecule has 228 valence electrons. The lowest BCUT2D eigenvalue weighted by atomic mass is 9.87. The maximum absolute atomic E-state index is 12.8. The monoisotopic (exact) mass is 583 g/mol. The molecule has 1 aliphatic rings. The molecule has 7 nitrogen and oxygen atoms in total. The fourth-order valence-electron chi connectivity index (χ4n) is 5.57. The highest BCUT2D eigenvalue weighted by Crippen LogP contribution is 2.44. The first-order valence-electron chi connectivity index (χ1n) is 15.2. The van der Waals surface area contributed by atoms with Gasteiger partial charge in [-0.3, -0.25) is 4.79 Å². The van der Waals surface area contributed by atoms with E-state index in [9.17, 15) is 19.8 Å². The van der Waals surface area contributed by atoms with E-state index in [1.54, 1.807) is 6.07 Å². The van der Waals surface area contributed by atoms with Crippen LogP contribution in [0.5, 0.6) is 5.75 Å². The summed E-state index contributed by atoms with van der Waals surface area (Å²) in [6.07, 6.45) is 5.06. The van der Waals surface area contributed by atoms with Crippen LogP contribution in [-0.4, -0.2) is 72.4 Å². The smallest absolute Gasteiger partial charge is 0.251 e. The van der Waals surface area contributed by atoms with Crippen LogP contribution in [-0.2, 0) is 13.0 Å². The molecule has 2 aromatic carbocycles. The van der Waals surface area contributed by atoms with Gasteiger partial charge in [0.15, 0.2) is 8.32 Å². The van der Waals surface area contributed by atoms with Gasteiger partial charge in [0.2, 0.25) is 0 Å². The summed E-state index contributed by atoms with van der Waals surface area (Å²) in [7, 11) is -2.45. The van der Waals surface area contributed by atoms with Crippen molar-refractivity contribution < 1.29 is 19.8 Å². The first kappa shape index (κ1) is 33.3. The van der Waals surface area contributed by atoms with Crippen molar-refractivity contribution >= 4 is 14.2 Å². The predicted molar refractivity (Wildman–Crippen MR) is 170 cm³/mol. The van der Waals surface area contributed by atoms with Crippen LogP contribution in [0, 0.1) is 0 Å². The van der Waals surface area contributed by atoms with Crippen LogP contribution >= 0.6 is 0 Å². The van der Waals surface area contributed by atoms with Crippen LogP contribution in [0.2, 0.25) is 18.1 Å². The van der Waals surface area contributed by atoms with E-state index in [0.717, 1.165) is 36.9 Å². The fraction of sp³-hybridized carbons (Fsp3) is 0.606. The highest BCUT2D eigenvalue weighted by atomic mass is 28.4. The Balaban J connectivity index is 1.64. The van der Waals surface area contributed by atoms with Gasteiger partial charge in [-0.2, -0.15) is 0 Å². The van der Waals surface area contributed by atoms with Gasteiger partial charge in [-0.05, 0) is 125 Å². The summed E-state index contributed by atoms with van der Waals surface area (Å²) in [5, 5.41) is 26.5. The van der Waals surface area contributed by atoms with Crippen LogP contribution in [0.3, 0.4) is 0 Å². The molecule has 1 atom stereocenters. The number of rotatable bonds is 15. The van der Waals surface area contributed by atoms with Crippen molar-refractivity contribution in [1.82, 2.24) is 15.5 Å². The minimum atomic E-state index is -2.45. The number of carbonyl (C=O) groups excluding carboxylic acids is 1. The minimum Gasteiger partial charge on any atom is -0.508 e. The molecule has 0 radical (unpaired) electrons. The number of likely N-dealkylation sites (tertiary alicyclic amines) is 1. The molecule has 0 bridgehead atoms. The van der Waals surface area contributed by atoms with E-state index >= 15 is 0 Å². The summed E-state index contributed by atoms with van der Waals surface area (Å²) in [6.45, 7) is 17.1. The lowest BCUT2D eigenvalue weighted by molar-refractivity contribution is 0.0952. The number of nitrogens with zero attached hydrogens (tertiary/aromatic N) is 1. The highest BCUT2D eigenvalue weighted by Gasteiger charge is 2.40. The quantitative estimate of drug-likeness (QED) is 0.147. The molecule has 1 fully saturated rings. The standard InChI is InChI=1S/C33H53N3O4Si/c1-32(2,21-25-11-9-12-27(19-25)31(39)34-15-10-18-36-16-7-8-17-36)35-23-29(22-33(3,4)41(5,6)40)26-13-14-30(38)28(20-26)24-37/h9,11-14,19-20,29,35,37-38,40H,7-8,10,15-18,21-24H2,1-6H3,(H,34,39)/t29-/m0/s1. The van der Waals surface area contributed by atoms with E-state index in [-0.39, 0.29) is 34.8 Å². The summed E-state index contributed by atoms with van der Waals surface area (Å²) >= 11 is 0. The largest absolute Gasteiger partial charge is 0.508 e. The molecule has 1 aliphatic heterocycles. The van der Waals surface area contributed by atoms with E-state index in [4.69, 9.17) is 0 Å². The maximum atomic E-state index is 12.8. The number of carbonyl (C=O) groups is 1. The normalized spacial score (nSPS) is 15.7. The van der Waals surface area contributed by atoms with Gasteiger partial charge < -0.3 is 30.5 Å². The first-order chi connectivity index (χ1) is 19.2. The van der Waals surface area contributed by atoms with Gasteiger partial charge in [0.25, 0.3) is 5.91 Å². The van der Waals surface area contributed by atoms with Gasteiger partial charge in [-0.25, -0.2) is 0 Å². The van der Waals surface area contributed by atoms with Gasteiger partial charge >= 0.3 is 0 Å². The van der Waals surface area contributed by atoms with Gasteiger partial charge in [0.1, 0.15) is 5.75 Å². The van der Waals surface area contributed by atoms with Crippen LogP contribution < -0.4 is 10.6 Å². The molecule has 0 aromatic heterocycles. The lowest BCUT2D eigenvalue weighted by Crippen LogP contribution is -2.45. The van der Waals surface area contributed by atoms with E-state index in [1.165, 1.54) is 25.9 Å². The van der Waals surface area contributed by atoms with E-state index < -0.39 is 8.32 Å². The number of aliphatic hydroxyl groups is 1. The molecule has 3 rings (SSSR count). The zero-order valence-electron chi connectivity index (χ0n) is 26.1. The van der Waals surface area contributed by atoms with E-state index in [2.05, 4.69) is 49.3 Å². The Morgan fingerprint density at radius 3 is 2.44 bits per heavy atom. The molecule has 0 unspecified atom stereocenters. The third kappa shape index (κ3) is 9.93. The lowest BCUT2D eigenvalue weighted by Gasteiger charge is -2.39. The third-order valence-corrected chi connectivity index (χ3v) is 12.5. The van der Waals surface area contributed by atoms with Crippen molar-refractivity contribution in [2.45, 2.75) is 96.0 Å². The number of hydrogen-bond acceptors (Lipinski definition) is 6. The molecular formula is C33H53N3O4Si. The third-order valence-electron chi connectivity index (χ3n) is 8.96. The van der Waals surface area contributed by atoms with Crippen molar-refractivity contribution in [3.05, 3.63) is 64.7 Å². The second kappa shape index (κ2) is 14.3. The number of hydrogen-bond donors (Lipinski definition) is 5. The maximum Gasteiger partial charge on any atom is 0.251 e. The summed E-state index contributed by atoms with van der Waals surface area (Å²) in [5.74, 6) is 0.144. The topological polar surface area (TPSA) is 105 Å². The average Bonchev–Trinajstić information content (AvgIpc) is 3.42. The highest BCUT2D eigenvalue weighted by molar-refractivity contribution is 6.72. The Kier molecular flexibility index (Phi) is 11.6. The Morgan fingerprint density at radius 1 is 1.07 bits per heavy atom. The number of amides is 1. The molecule has 1 saturated heterocycles. The van der Waals surface area contributed by atoms with Crippen molar-refractivity contribution in [3.63, 3.8) is 0 Å². The first-order valence-corrected chi connectivity index (χ1v) is 18.1. The summed E-state index contributed by atoms with van der Waals surface area (Å²) in [5.41, 5.74) is 3.08. The van der Waals surface area contributed by atoms with Gasteiger partial charge in [0.05, 0.1) is 6.61 Å². The Hall–Kier alpha value is -2.23. The van der Waals surface area contributed by atoms with Gasteiger partial charge in [-0.15, -0.1) is 0 Å². The zero-order chi connectivity index (χ0) is 30.3. The molecule has 1 heterocycles. The molecule has 2 aromatic rings. The van der Waals surface area contributed by atoms with Crippen LogP contribution in [0.25, 0.3) is 0 Å². The second-order valence-electron chi connectivity index (χ2n) is 13.7. The number of benzene rings is 2. The molecule has 0 saturated carbocycles. The van der Waals surface area contributed by atoms with E-state index in [1.807, 2.05) is 43.4 Å². The van der Waals surface area contributed by atoms with Crippen molar-refractivity contribution in [3.8, 4) is 5.75 Å². The summed E-state index contributed by atoms with van der Waals surface area (Å²) < 4.78 is 0. The van der Waals surface area contributed by atoms with Crippen molar-refractivity contribution in [2.75, 3.05) is 32.7 Å². The van der Waals surface area contributed by atoms with Crippen molar-refractivity contribution in [1.29, 1.82) is 0 Å². The predicted octanol–water partition coefficient (Wildman–Crippen LogP) is 5.16. The average molecular weight is 584 g/mol. The van der Waals surface area contributed by atoms with Gasteiger partial charge in [-0.1, -0.05) is 32.0 Å². The molecule has 8 heteroatoms. The summed E-state index contributed by atoms with van der Waals surface area (Å²) in [6, 6.07) is 13.3. The number of aromatic hydroxyl groups is 1. The number of aliphatic hydroxyl groups excluding tert-OH is 1. The number of nitrogens with one attached hydrogen (secondary N) is 2. The Labute approximate surface area is 248 Å². The van der Waals surface area contributed by atoms with Crippen LogP contribution in [0.4, 0.5) is 0 Å². The second-order valence-corrected chi connectivity index (χ2v) is 18.2. The fourth-order valence-corrected chi connectivity index (χ4v) is 6.31. The molecule has 41 heavy (non-hydrogen) atoms. The molecule has 5 N–H and O–H groups in total. The molecule has 0 aliphatic carbocycles. The molecular weight excluding hydrogens is 530 g/mol. The zero-order valence-corrected chi connectivity index (χ0v) is 27.1. The number of phenols is 1. The molecule has 1 amide bonds. The van der Waals surface area contributed by atoms with Crippen LogP contribution in [0.15, 0.2) is 42.5 Å². The van der Waals surface area contributed by atoms with Gasteiger partial charge in [0, 0.05) is 29.8 Å². The van der Waals surface area contributed by atoms with E-state index in [0.29, 0.717) is 24.2 Å². The summed E-state index contributed by atoms with van der Waals surface area (Å²) in [4.78, 5) is 26.3. The SMILES string of the molecule is CC(C)(Cc1cccc(C(=O)NCCCN2CCCC2)c1)NC[C@H](CC(C)(C)[Si](C)(C)O)c1ccc(O)c(CO)c1. The molecule has 0 spiro atoms. The Bertz CT molecular complexity index is 1140. The Morgan fingerprint density at radius 2 is 1.78 bits per heavy atom. The van der Waals surface area contributed by atoms with Crippen molar-refractivity contribution in [2.24, 2.45) is 0 Å². The minimum absolute atomic E-state index is 0.0239. The van der Waals surface area contributed by atoms with Crippen LogP contribution in [0.1, 0.15) is 86.3 Å².